The number of hydrogen-bond acceptors (Lipinski definition) is 4. The Kier molecular flexibility index (Phi) is 8.14. The molecule has 1 aliphatic rings. The summed E-state index contributed by atoms with van der Waals surface area (Å²) in [5, 5.41) is 0. The van der Waals surface area contributed by atoms with Crippen molar-refractivity contribution in [2.75, 3.05) is 25.0 Å². The molecule has 0 amide bonds. The number of anilines is 1. The van der Waals surface area contributed by atoms with Gasteiger partial charge in [0.2, 0.25) is 5.95 Å². The fourth-order valence-corrected chi connectivity index (χ4v) is 3.97. The summed E-state index contributed by atoms with van der Waals surface area (Å²) >= 11 is 0. The Labute approximate surface area is 155 Å². The molecule has 2 unspecified atom stereocenters. The molecule has 2 rings (SSSR count). The van der Waals surface area contributed by atoms with Gasteiger partial charge in [-0.1, -0.05) is 46.5 Å². The smallest absolute Gasteiger partial charge is 0.226 e. The van der Waals surface area contributed by atoms with Crippen molar-refractivity contribution < 1.29 is 0 Å². The summed E-state index contributed by atoms with van der Waals surface area (Å²) in [6, 6.07) is 3.08. The molecule has 0 radical (unpaired) electrons. The molecule has 4 heteroatoms. The van der Waals surface area contributed by atoms with Gasteiger partial charge in [-0.15, -0.1) is 0 Å². The molecular formula is C21H38N4. The molecule has 1 aliphatic heterocycles. The van der Waals surface area contributed by atoms with Gasteiger partial charge in [-0.2, -0.15) is 0 Å². The van der Waals surface area contributed by atoms with Crippen LogP contribution in [0.2, 0.25) is 0 Å². The average Bonchev–Trinajstić information content (AvgIpc) is 2.57. The van der Waals surface area contributed by atoms with E-state index in [1.54, 1.807) is 0 Å². The van der Waals surface area contributed by atoms with Gasteiger partial charge in [-0.25, -0.2) is 9.97 Å². The number of likely N-dealkylation sites (N-methyl/N-ethyl adjacent to an activating group) is 1. The molecule has 0 bridgehead atoms. The van der Waals surface area contributed by atoms with E-state index in [1.165, 1.54) is 37.8 Å². The molecule has 25 heavy (non-hydrogen) atoms. The van der Waals surface area contributed by atoms with E-state index in [-0.39, 0.29) is 0 Å². The minimum Gasteiger partial charge on any atom is -0.333 e. The van der Waals surface area contributed by atoms with Crippen LogP contribution < -0.4 is 4.90 Å². The topological polar surface area (TPSA) is 32.3 Å². The summed E-state index contributed by atoms with van der Waals surface area (Å²) in [5.74, 6) is 1.77. The Hall–Kier alpha value is -1.16. The van der Waals surface area contributed by atoms with Crippen LogP contribution in [0, 0.1) is 5.92 Å². The zero-order valence-electron chi connectivity index (χ0n) is 17.0. The molecule has 2 atom stereocenters. The number of piperazine rings is 1. The molecule has 1 fully saturated rings. The van der Waals surface area contributed by atoms with Gasteiger partial charge in [-0.3, -0.25) is 0 Å². The van der Waals surface area contributed by atoms with E-state index in [1.807, 2.05) is 6.20 Å². The van der Waals surface area contributed by atoms with Crippen molar-refractivity contribution >= 4 is 5.95 Å². The van der Waals surface area contributed by atoms with Crippen LogP contribution in [0.25, 0.3) is 0 Å². The Balaban J connectivity index is 1.89. The Morgan fingerprint density at radius 2 is 1.92 bits per heavy atom. The summed E-state index contributed by atoms with van der Waals surface area (Å²) in [5.41, 5.74) is 1.20. The van der Waals surface area contributed by atoms with Gasteiger partial charge < -0.3 is 9.80 Å². The number of rotatable bonds is 9. The first-order chi connectivity index (χ1) is 12.0. The highest BCUT2D eigenvalue weighted by atomic mass is 15.4. The maximum Gasteiger partial charge on any atom is 0.226 e. The summed E-state index contributed by atoms with van der Waals surface area (Å²) in [4.78, 5) is 14.4. The first-order valence-electron chi connectivity index (χ1n) is 10.3. The first kappa shape index (κ1) is 20.2. The molecule has 1 aromatic rings. The van der Waals surface area contributed by atoms with Gasteiger partial charge in [0.05, 0.1) is 0 Å². The second kappa shape index (κ2) is 10.1. The fraction of sp³-hybridized carbons (Fsp3) is 0.810. The minimum atomic E-state index is 0.468. The van der Waals surface area contributed by atoms with Crippen LogP contribution in [0.5, 0.6) is 0 Å². The SMILES string of the molecule is CCC1CN(C)CC(C)N1c1nccc(CCCCCCC(C)C)n1. The molecule has 1 aromatic heterocycles. The monoisotopic (exact) mass is 346 g/mol. The van der Waals surface area contributed by atoms with E-state index < -0.39 is 0 Å². The van der Waals surface area contributed by atoms with Crippen LogP contribution in [-0.2, 0) is 6.42 Å². The second-order valence-electron chi connectivity index (χ2n) is 8.23. The molecule has 1 saturated heterocycles. The third-order valence-corrected chi connectivity index (χ3v) is 5.33. The van der Waals surface area contributed by atoms with Crippen molar-refractivity contribution in [3.05, 3.63) is 18.0 Å². The summed E-state index contributed by atoms with van der Waals surface area (Å²) in [6.45, 7) is 11.4. The van der Waals surface area contributed by atoms with Gasteiger partial charge in [0.25, 0.3) is 0 Å². The lowest BCUT2D eigenvalue weighted by molar-refractivity contribution is 0.227. The van der Waals surface area contributed by atoms with Gasteiger partial charge in [0, 0.05) is 37.1 Å². The molecule has 0 spiro atoms. The molecule has 4 nitrogen and oxygen atoms in total. The van der Waals surface area contributed by atoms with Crippen LogP contribution in [0.15, 0.2) is 12.3 Å². The lowest BCUT2D eigenvalue weighted by atomic mass is 10.0. The minimum absolute atomic E-state index is 0.468. The summed E-state index contributed by atoms with van der Waals surface area (Å²) < 4.78 is 0. The molecule has 0 N–H and O–H groups in total. The lowest BCUT2D eigenvalue weighted by Gasteiger charge is -2.44. The maximum atomic E-state index is 4.91. The third-order valence-electron chi connectivity index (χ3n) is 5.33. The van der Waals surface area contributed by atoms with E-state index >= 15 is 0 Å². The van der Waals surface area contributed by atoms with E-state index in [2.05, 4.69) is 55.6 Å². The highest BCUT2D eigenvalue weighted by molar-refractivity contribution is 5.35. The van der Waals surface area contributed by atoms with Crippen LogP contribution >= 0.6 is 0 Å². The van der Waals surface area contributed by atoms with E-state index in [4.69, 9.17) is 4.98 Å². The Morgan fingerprint density at radius 3 is 2.64 bits per heavy atom. The number of aryl methyl sites for hydroxylation is 1. The Bertz CT molecular complexity index is 502. The zero-order valence-corrected chi connectivity index (χ0v) is 17.0. The maximum absolute atomic E-state index is 4.91. The summed E-state index contributed by atoms with van der Waals surface area (Å²) in [7, 11) is 2.22. The normalized spacial score (nSPS) is 21.9. The second-order valence-corrected chi connectivity index (χ2v) is 8.23. The van der Waals surface area contributed by atoms with Gasteiger partial charge in [-0.05, 0) is 45.2 Å². The Morgan fingerprint density at radius 1 is 1.16 bits per heavy atom. The highest BCUT2D eigenvalue weighted by Gasteiger charge is 2.31. The van der Waals surface area contributed by atoms with Gasteiger partial charge in [0.15, 0.2) is 0 Å². The first-order valence-corrected chi connectivity index (χ1v) is 10.3. The third kappa shape index (κ3) is 6.25. The number of unbranched alkanes of at least 4 members (excludes halogenated alkanes) is 3. The largest absolute Gasteiger partial charge is 0.333 e. The van der Waals surface area contributed by atoms with Crippen LogP contribution in [-0.4, -0.2) is 47.1 Å². The van der Waals surface area contributed by atoms with E-state index in [9.17, 15) is 0 Å². The molecule has 142 valence electrons. The summed E-state index contributed by atoms with van der Waals surface area (Å²) in [6.07, 6.45) is 10.8. The van der Waals surface area contributed by atoms with Crippen molar-refractivity contribution in [1.82, 2.24) is 14.9 Å². The molecule has 0 saturated carbocycles. The number of hydrogen-bond donors (Lipinski definition) is 0. The van der Waals surface area contributed by atoms with Gasteiger partial charge >= 0.3 is 0 Å². The van der Waals surface area contributed by atoms with Crippen LogP contribution in [0.4, 0.5) is 5.95 Å². The molecule has 0 aliphatic carbocycles. The average molecular weight is 347 g/mol. The molecule has 2 heterocycles. The predicted octanol–water partition coefficient (Wildman–Crippen LogP) is 4.54. The van der Waals surface area contributed by atoms with Crippen molar-refractivity contribution in [1.29, 1.82) is 0 Å². The van der Waals surface area contributed by atoms with Crippen molar-refractivity contribution in [2.45, 2.75) is 84.7 Å². The van der Waals surface area contributed by atoms with E-state index in [0.717, 1.165) is 37.8 Å². The quantitative estimate of drug-likeness (QED) is 0.614. The number of aromatic nitrogens is 2. The van der Waals surface area contributed by atoms with E-state index in [0.29, 0.717) is 12.1 Å². The predicted molar refractivity (Wildman–Crippen MR) is 107 cm³/mol. The van der Waals surface area contributed by atoms with Gasteiger partial charge in [0.1, 0.15) is 0 Å². The van der Waals surface area contributed by atoms with Crippen LogP contribution in [0.3, 0.4) is 0 Å². The number of nitrogens with zero attached hydrogens (tertiary/aromatic N) is 4. The van der Waals surface area contributed by atoms with Crippen molar-refractivity contribution in [3.63, 3.8) is 0 Å². The molecule has 0 aromatic carbocycles. The van der Waals surface area contributed by atoms with Crippen LogP contribution in [0.1, 0.15) is 71.9 Å². The van der Waals surface area contributed by atoms with Crippen molar-refractivity contribution in [2.24, 2.45) is 5.92 Å². The molecular weight excluding hydrogens is 308 g/mol. The standard InChI is InChI=1S/C21H38N4/c1-6-20-16-24(5)15-18(4)25(20)21-22-14-13-19(23-21)12-10-8-7-9-11-17(2)3/h13-14,17-18,20H,6-12,15-16H2,1-5H3. The zero-order chi connectivity index (χ0) is 18.2. The lowest BCUT2D eigenvalue weighted by Crippen LogP contribution is -2.57. The fourth-order valence-electron chi connectivity index (χ4n) is 3.97. The van der Waals surface area contributed by atoms with Crippen molar-refractivity contribution in [3.8, 4) is 0 Å². The highest BCUT2D eigenvalue weighted by Crippen LogP contribution is 2.23.